The van der Waals surface area contributed by atoms with Crippen molar-refractivity contribution in [3.05, 3.63) is 70.5 Å². The molecule has 0 bridgehead atoms. The Balaban J connectivity index is 1.37. The summed E-state index contributed by atoms with van der Waals surface area (Å²) in [5, 5.41) is 3.01. The maximum Gasteiger partial charge on any atom is 0.288 e. The number of alkyl halides is 1. The monoisotopic (exact) mass is 437 g/mol. The normalized spacial score (nSPS) is 26.9. The largest absolute Gasteiger partial charge is 0.463 e. The Kier molecular flexibility index (Phi) is 4.94. The maximum atomic E-state index is 14.9. The summed E-state index contributed by atoms with van der Waals surface area (Å²) >= 11 is 0. The van der Waals surface area contributed by atoms with Gasteiger partial charge in [-0.15, -0.1) is 0 Å². The molecule has 4 nitrogen and oxygen atoms in total. The summed E-state index contributed by atoms with van der Waals surface area (Å²) in [5.41, 5.74) is 3.67. The highest BCUT2D eigenvalue weighted by Gasteiger charge is 2.48. The van der Waals surface area contributed by atoms with Crippen LogP contribution in [-0.4, -0.2) is 48.9 Å². The van der Waals surface area contributed by atoms with Gasteiger partial charge in [0.2, 0.25) is 0 Å². The summed E-state index contributed by atoms with van der Waals surface area (Å²) in [4.78, 5) is 6.82. The predicted octanol–water partition coefficient (Wildman–Crippen LogP) is 4.50. The molecule has 3 aliphatic heterocycles. The summed E-state index contributed by atoms with van der Waals surface area (Å²) in [7, 11) is 0. The van der Waals surface area contributed by atoms with Crippen LogP contribution in [0.3, 0.4) is 0 Å². The molecule has 0 unspecified atom stereocenters. The Hall–Kier alpha value is -2.47. The minimum Gasteiger partial charge on any atom is -0.463 e. The zero-order chi connectivity index (χ0) is 21.7. The maximum absolute atomic E-state index is 14.9. The molecule has 2 aromatic rings. The van der Waals surface area contributed by atoms with Gasteiger partial charge in [0.25, 0.3) is 6.02 Å². The first kappa shape index (κ1) is 20.2. The second kappa shape index (κ2) is 7.84. The molecule has 6 heteroatoms. The zero-order valence-corrected chi connectivity index (χ0v) is 18.2. The van der Waals surface area contributed by atoms with Crippen LogP contribution < -0.4 is 5.32 Å². The third-order valence-corrected chi connectivity index (χ3v) is 7.72. The molecule has 0 aromatic heterocycles. The minimum atomic E-state index is -1.32. The van der Waals surface area contributed by atoms with Crippen molar-refractivity contribution in [2.24, 2.45) is 4.99 Å². The fourth-order valence-electron chi connectivity index (χ4n) is 5.75. The number of ether oxygens (including phenoxy) is 1. The van der Waals surface area contributed by atoms with Crippen molar-refractivity contribution in [2.75, 3.05) is 26.2 Å². The van der Waals surface area contributed by atoms with Gasteiger partial charge >= 0.3 is 0 Å². The smallest absolute Gasteiger partial charge is 0.288 e. The quantitative estimate of drug-likeness (QED) is 0.768. The lowest BCUT2D eigenvalue weighted by atomic mass is 9.85. The lowest BCUT2D eigenvalue weighted by Gasteiger charge is -2.38. The van der Waals surface area contributed by atoms with Gasteiger partial charge in [-0.25, -0.2) is 13.8 Å². The summed E-state index contributed by atoms with van der Waals surface area (Å²) in [6, 6.07) is 13.5. The predicted molar refractivity (Wildman–Crippen MR) is 120 cm³/mol. The highest BCUT2D eigenvalue weighted by Crippen LogP contribution is 2.41. The van der Waals surface area contributed by atoms with Gasteiger partial charge in [-0.2, -0.15) is 0 Å². The van der Waals surface area contributed by atoms with Gasteiger partial charge in [0, 0.05) is 19.6 Å². The first-order valence-corrected chi connectivity index (χ1v) is 11.9. The molecule has 2 aromatic carbocycles. The van der Waals surface area contributed by atoms with E-state index >= 15 is 0 Å². The van der Waals surface area contributed by atoms with Gasteiger partial charge in [0.1, 0.15) is 18.5 Å². The Labute approximate surface area is 187 Å². The van der Waals surface area contributed by atoms with E-state index in [0.717, 1.165) is 18.5 Å². The van der Waals surface area contributed by atoms with Gasteiger partial charge in [-0.3, -0.25) is 0 Å². The molecule has 2 atom stereocenters. The lowest BCUT2D eigenvalue weighted by Crippen LogP contribution is -2.62. The Morgan fingerprint density at radius 3 is 2.50 bits per heavy atom. The van der Waals surface area contributed by atoms with E-state index in [1.807, 2.05) is 12.1 Å². The summed E-state index contributed by atoms with van der Waals surface area (Å²) in [5.74, 6) is 0.419. The fourth-order valence-corrected chi connectivity index (χ4v) is 5.75. The molecule has 32 heavy (non-hydrogen) atoms. The van der Waals surface area contributed by atoms with Crippen LogP contribution >= 0.6 is 0 Å². The van der Waals surface area contributed by atoms with Crippen molar-refractivity contribution < 1.29 is 13.5 Å². The molecule has 0 spiro atoms. The Bertz CT molecular complexity index is 1030. The van der Waals surface area contributed by atoms with Gasteiger partial charge in [0.15, 0.2) is 5.67 Å². The van der Waals surface area contributed by atoms with E-state index in [1.165, 1.54) is 54.5 Å². The molecular formula is C26H29F2N3O. The van der Waals surface area contributed by atoms with E-state index in [1.54, 1.807) is 0 Å². The van der Waals surface area contributed by atoms with Crippen LogP contribution in [-0.2, 0) is 11.2 Å². The topological polar surface area (TPSA) is 36.9 Å². The number of nitrogens with zero attached hydrogens (tertiary/aromatic N) is 2. The lowest BCUT2D eigenvalue weighted by molar-refractivity contribution is 0.0498. The van der Waals surface area contributed by atoms with Crippen LogP contribution in [0.4, 0.5) is 8.78 Å². The van der Waals surface area contributed by atoms with Crippen LogP contribution in [0, 0.1) is 5.82 Å². The Morgan fingerprint density at radius 1 is 1.03 bits per heavy atom. The number of nitrogens with one attached hydrogen (secondary N) is 1. The SMILES string of the molecule is Fc1ccc([C@H]2c3ccc(C4CCCC4)cc3CCN2C2=N[C@H](C3(F)CNC3)CO2)cc1. The molecular weight excluding hydrogens is 408 g/mol. The van der Waals surface area contributed by atoms with Crippen molar-refractivity contribution in [1.29, 1.82) is 0 Å². The first-order chi connectivity index (χ1) is 15.6. The number of halogens is 2. The van der Waals surface area contributed by atoms with E-state index in [0.29, 0.717) is 25.0 Å². The molecule has 4 aliphatic rings. The van der Waals surface area contributed by atoms with Crippen LogP contribution in [0.1, 0.15) is 59.9 Å². The van der Waals surface area contributed by atoms with Crippen molar-refractivity contribution in [2.45, 2.75) is 55.8 Å². The van der Waals surface area contributed by atoms with E-state index in [9.17, 15) is 8.78 Å². The highest BCUT2D eigenvalue weighted by molar-refractivity contribution is 5.77. The molecule has 1 aliphatic carbocycles. The van der Waals surface area contributed by atoms with Crippen LogP contribution in [0.15, 0.2) is 47.5 Å². The number of hydrogen-bond acceptors (Lipinski definition) is 4. The van der Waals surface area contributed by atoms with Crippen molar-refractivity contribution in [3.8, 4) is 0 Å². The van der Waals surface area contributed by atoms with Crippen molar-refractivity contribution >= 4 is 6.02 Å². The average molecular weight is 438 g/mol. The Morgan fingerprint density at radius 2 is 1.78 bits per heavy atom. The summed E-state index contributed by atoms with van der Waals surface area (Å²) < 4.78 is 34.6. The summed E-state index contributed by atoms with van der Waals surface area (Å²) in [6.07, 6.45) is 6.08. The number of fused-ring (bicyclic) bond motifs is 1. The van der Waals surface area contributed by atoms with Gasteiger partial charge < -0.3 is 15.0 Å². The zero-order valence-electron chi connectivity index (χ0n) is 18.2. The van der Waals surface area contributed by atoms with E-state index in [4.69, 9.17) is 4.74 Å². The van der Waals surface area contributed by atoms with Crippen LogP contribution in [0.5, 0.6) is 0 Å². The molecule has 1 saturated carbocycles. The molecule has 1 saturated heterocycles. The molecule has 0 radical (unpaired) electrons. The van der Waals surface area contributed by atoms with Gasteiger partial charge in [-0.05, 0) is 59.6 Å². The number of hydrogen-bond donors (Lipinski definition) is 1. The molecule has 6 rings (SSSR count). The van der Waals surface area contributed by atoms with Crippen LogP contribution in [0.2, 0.25) is 0 Å². The molecule has 0 amide bonds. The molecule has 3 heterocycles. The molecule has 168 valence electrons. The third kappa shape index (κ3) is 3.40. The minimum absolute atomic E-state index is 0.121. The third-order valence-electron chi connectivity index (χ3n) is 7.72. The van der Waals surface area contributed by atoms with Crippen molar-refractivity contribution in [1.82, 2.24) is 10.2 Å². The second-order valence-corrected chi connectivity index (χ2v) is 9.71. The number of aliphatic imine (C=N–C) groups is 1. The molecule has 2 fully saturated rings. The highest BCUT2D eigenvalue weighted by atomic mass is 19.1. The number of rotatable bonds is 3. The van der Waals surface area contributed by atoms with Crippen LogP contribution in [0.25, 0.3) is 0 Å². The first-order valence-electron chi connectivity index (χ1n) is 11.9. The van der Waals surface area contributed by atoms with Gasteiger partial charge in [0.05, 0.1) is 6.04 Å². The number of amidine groups is 1. The number of benzene rings is 2. The van der Waals surface area contributed by atoms with E-state index in [2.05, 4.69) is 33.4 Å². The molecule has 1 N–H and O–H groups in total. The van der Waals surface area contributed by atoms with Crippen molar-refractivity contribution in [3.63, 3.8) is 0 Å². The average Bonchev–Trinajstić information content (AvgIpc) is 3.50. The van der Waals surface area contributed by atoms with E-state index < -0.39 is 11.7 Å². The second-order valence-electron chi connectivity index (χ2n) is 9.71. The fraction of sp³-hybridized carbons (Fsp3) is 0.500. The van der Waals surface area contributed by atoms with E-state index in [-0.39, 0.29) is 18.5 Å². The van der Waals surface area contributed by atoms with Gasteiger partial charge in [-0.1, -0.05) is 43.2 Å². The summed E-state index contributed by atoms with van der Waals surface area (Å²) in [6.45, 7) is 1.66. The standard InChI is InChI=1S/C26H29F2N3O/c27-21-8-5-18(6-9-21)24-22-10-7-19(17-3-1-2-4-17)13-20(22)11-12-31(24)25-30-23(14-32-25)26(28)15-29-16-26/h5-10,13,17,23-24,29H,1-4,11-12,14-16H2/t23-,24-/m0/s1.